The summed E-state index contributed by atoms with van der Waals surface area (Å²) in [5.41, 5.74) is 0.785. The Kier molecular flexibility index (Phi) is 4.82. The second kappa shape index (κ2) is 6.69. The number of ether oxygens (including phenoxy) is 1. The molecule has 124 valence electrons. The molecule has 1 aliphatic rings. The van der Waals surface area contributed by atoms with E-state index < -0.39 is 36.7 Å². The minimum atomic E-state index is -1.74. The minimum absolute atomic E-state index is 0.537. The van der Waals surface area contributed by atoms with Gasteiger partial charge < -0.3 is 25.2 Å². The lowest BCUT2D eigenvalue weighted by atomic mass is 9.99. The standard InChI is InChI=1S/C13H13NO7S2/c15-7-8(16)10(11(18)19)20-12(9(7)17)21-23-13-14-5-3-1-2-4-6(5)22-13/h1-4,7-10,12,15-17H,(H,18,19)/t7-,8-,9+,10-,12-/m0/s1. The van der Waals surface area contributed by atoms with Gasteiger partial charge in [-0.15, -0.1) is 11.3 Å². The van der Waals surface area contributed by atoms with Gasteiger partial charge in [0, 0.05) is 0 Å². The predicted molar refractivity (Wildman–Crippen MR) is 80.9 cm³/mol. The molecule has 1 aromatic heterocycles. The maximum atomic E-state index is 11.0. The number of aromatic nitrogens is 1. The highest BCUT2D eigenvalue weighted by Crippen LogP contribution is 2.33. The summed E-state index contributed by atoms with van der Waals surface area (Å²) in [6.45, 7) is 0. The van der Waals surface area contributed by atoms with Gasteiger partial charge >= 0.3 is 5.97 Å². The quantitative estimate of drug-likeness (QED) is 0.566. The van der Waals surface area contributed by atoms with Crippen molar-refractivity contribution in [2.75, 3.05) is 0 Å². The van der Waals surface area contributed by atoms with E-state index in [-0.39, 0.29) is 0 Å². The van der Waals surface area contributed by atoms with Crippen molar-refractivity contribution in [3.05, 3.63) is 24.3 Å². The lowest BCUT2D eigenvalue weighted by molar-refractivity contribution is -0.268. The molecule has 0 unspecified atom stereocenters. The van der Waals surface area contributed by atoms with Gasteiger partial charge in [0.15, 0.2) is 10.4 Å². The predicted octanol–water partition coefficient (Wildman–Crippen LogP) is 0.212. The van der Waals surface area contributed by atoms with Crippen LogP contribution in [-0.4, -0.2) is 62.1 Å². The number of para-hydroxylation sites is 1. The van der Waals surface area contributed by atoms with E-state index in [1.807, 2.05) is 24.3 Å². The fourth-order valence-corrected chi connectivity index (χ4v) is 3.80. The van der Waals surface area contributed by atoms with Crippen molar-refractivity contribution in [2.24, 2.45) is 0 Å². The number of carboxylic acid groups (broad SMARTS) is 1. The molecule has 0 amide bonds. The number of hydrogen-bond donors (Lipinski definition) is 4. The van der Waals surface area contributed by atoms with Crippen LogP contribution in [0.4, 0.5) is 0 Å². The van der Waals surface area contributed by atoms with Crippen LogP contribution < -0.4 is 0 Å². The summed E-state index contributed by atoms with van der Waals surface area (Å²) in [7, 11) is 0. The van der Waals surface area contributed by atoms with Crippen molar-refractivity contribution in [3.63, 3.8) is 0 Å². The highest BCUT2D eigenvalue weighted by molar-refractivity contribution is 7.96. The average Bonchev–Trinajstić information content (AvgIpc) is 2.94. The van der Waals surface area contributed by atoms with Gasteiger partial charge in [-0.1, -0.05) is 12.1 Å². The monoisotopic (exact) mass is 359 g/mol. The van der Waals surface area contributed by atoms with Gasteiger partial charge in [-0.2, -0.15) is 0 Å². The fourth-order valence-electron chi connectivity index (χ4n) is 2.11. The number of benzene rings is 1. The summed E-state index contributed by atoms with van der Waals surface area (Å²) in [5.74, 6) is -1.46. The first-order chi connectivity index (χ1) is 11.0. The number of rotatable bonds is 4. The number of carbonyl (C=O) groups is 1. The van der Waals surface area contributed by atoms with Crippen molar-refractivity contribution >= 4 is 39.6 Å². The molecule has 1 aliphatic heterocycles. The molecule has 1 fully saturated rings. The van der Waals surface area contributed by atoms with Crippen molar-refractivity contribution in [1.29, 1.82) is 0 Å². The molecule has 8 nitrogen and oxygen atoms in total. The van der Waals surface area contributed by atoms with Gasteiger partial charge in [0.05, 0.1) is 22.3 Å². The van der Waals surface area contributed by atoms with E-state index in [2.05, 4.69) is 4.98 Å². The molecule has 0 spiro atoms. The molecule has 2 aromatic rings. The Hall–Kier alpha value is -1.27. The molecule has 5 atom stereocenters. The first-order valence-electron chi connectivity index (χ1n) is 6.59. The van der Waals surface area contributed by atoms with Crippen LogP contribution in [0.15, 0.2) is 28.6 Å². The normalized spacial score (nSPS) is 31.3. The van der Waals surface area contributed by atoms with Gasteiger partial charge in [-0.05, 0) is 12.1 Å². The maximum Gasteiger partial charge on any atom is 0.335 e. The Morgan fingerprint density at radius 2 is 1.96 bits per heavy atom. The summed E-state index contributed by atoms with van der Waals surface area (Å²) in [6.07, 6.45) is -8.11. The van der Waals surface area contributed by atoms with Gasteiger partial charge in [0.1, 0.15) is 18.3 Å². The number of thiazole rings is 1. The van der Waals surface area contributed by atoms with Crippen molar-refractivity contribution in [1.82, 2.24) is 4.98 Å². The lowest BCUT2D eigenvalue weighted by Gasteiger charge is -2.37. The third kappa shape index (κ3) is 3.33. The van der Waals surface area contributed by atoms with Crippen molar-refractivity contribution < 1.29 is 34.1 Å². The number of fused-ring (bicyclic) bond motifs is 1. The van der Waals surface area contributed by atoms with Crippen LogP contribution >= 0.6 is 23.4 Å². The summed E-state index contributed by atoms with van der Waals surface area (Å²) in [5, 5.41) is 38.1. The van der Waals surface area contributed by atoms with Crippen LogP contribution in [0, 0.1) is 0 Å². The lowest BCUT2D eigenvalue weighted by Crippen LogP contribution is -2.59. The molecule has 23 heavy (non-hydrogen) atoms. The Labute approximate surface area is 138 Å². The summed E-state index contributed by atoms with van der Waals surface area (Å²) >= 11 is 2.17. The number of aliphatic hydroxyl groups excluding tert-OH is 3. The van der Waals surface area contributed by atoms with E-state index in [1.165, 1.54) is 11.3 Å². The van der Waals surface area contributed by atoms with E-state index in [0.29, 0.717) is 4.34 Å². The zero-order valence-corrected chi connectivity index (χ0v) is 13.1. The second-order valence-electron chi connectivity index (χ2n) is 4.86. The van der Waals surface area contributed by atoms with Crippen molar-refractivity contribution in [3.8, 4) is 0 Å². The van der Waals surface area contributed by atoms with Crippen LogP contribution in [0.25, 0.3) is 10.2 Å². The number of nitrogens with zero attached hydrogens (tertiary/aromatic N) is 1. The summed E-state index contributed by atoms with van der Waals surface area (Å²) in [4.78, 5) is 15.3. The molecule has 2 heterocycles. The minimum Gasteiger partial charge on any atom is -0.479 e. The average molecular weight is 359 g/mol. The molecule has 1 aromatic carbocycles. The molecular weight excluding hydrogens is 346 g/mol. The third-order valence-electron chi connectivity index (χ3n) is 3.30. The largest absolute Gasteiger partial charge is 0.479 e. The summed E-state index contributed by atoms with van der Waals surface area (Å²) in [6, 6.07) is 7.45. The van der Waals surface area contributed by atoms with Crippen LogP contribution in [0.1, 0.15) is 0 Å². The number of hydrogen-bond acceptors (Lipinski definition) is 9. The van der Waals surface area contributed by atoms with E-state index >= 15 is 0 Å². The van der Waals surface area contributed by atoms with Crippen molar-refractivity contribution in [2.45, 2.75) is 35.0 Å². The van der Waals surface area contributed by atoms with Crippen LogP contribution in [0.5, 0.6) is 0 Å². The van der Waals surface area contributed by atoms with Gasteiger partial charge in [0.2, 0.25) is 6.29 Å². The van der Waals surface area contributed by atoms with E-state index in [1.54, 1.807) is 0 Å². The maximum absolute atomic E-state index is 11.0. The van der Waals surface area contributed by atoms with Gasteiger partial charge in [0.25, 0.3) is 0 Å². The molecule has 0 aliphatic carbocycles. The second-order valence-corrected chi connectivity index (χ2v) is 6.90. The highest BCUT2D eigenvalue weighted by Gasteiger charge is 2.47. The molecule has 1 saturated heterocycles. The SMILES string of the molecule is O=C(O)[C@H]1O[C@@H](OSc2nc3ccccc3s2)[C@H](O)[C@@H](O)[C@@H]1O. The molecule has 4 N–H and O–H groups in total. The number of aliphatic carboxylic acids is 1. The molecule has 10 heteroatoms. The topological polar surface area (TPSA) is 129 Å². The smallest absolute Gasteiger partial charge is 0.335 e. The first-order valence-corrected chi connectivity index (χ1v) is 8.14. The van der Waals surface area contributed by atoms with Crippen LogP contribution in [0.2, 0.25) is 0 Å². The Morgan fingerprint density at radius 1 is 1.22 bits per heavy atom. The van der Waals surface area contributed by atoms with Crippen LogP contribution in [-0.2, 0) is 13.7 Å². The zero-order valence-electron chi connectivity index (χ0n) is 11.5. The van der Waals surface area contributed by atoms with E-state index in [4.69, 9.17) is 14.0 Å². The summed E-state index contributed by atoms with van der Waals surface area (Å²) < 4.78 is 11.8. The Morgan fingerprint density at radius 3 is 2.65 bits per heavy atom. The van der Waals surface area contributed by atoms with Gasteiger partial charge in [-0.25, -0.2) is 9.78 Å². The Balaban J connectivity index is 1.69. The van der Waals surface area contributed by atoms with Gasteiger partial charge in [-0.3, -0.25) is 4.18 Å². The molecule has 0 radical (unpaired) electrons. The van der Waals surface area contributed by atoms with E-state index in [9.17, 15) is 20.1 Å². The zero-order chi connectivity index (χ0) is 16.6. The third-order valence-corrected chi connectivity index (χ3v) is 5.11. The highest BCUT2D eigenvalue weighted by atomic mass is 32.2. The number of aliphatic hydroxyl groups is 3. The molecule has 0 bridgehead atoms. The fraction of sp³-hybridized carbons (Fsp3) is 0.385. The van der Waals surface area contributed by atoms with Crippen LogP contribution in [0.3, 0.4) is 0 Å². The number of carboxylic acids is 1. The molecule has 0 saturated carbocycles. The van der Waals surface area contributed by atoms with E-state index in [0.717, 1.165) is 22.3 Å². The Bertz CT molecular complexity index is 675. The first kappa shape index (κ1) is 16.6. The molecule has 3 rings (SSSR count). The molecular formula is C13H13NO7S2.